The molecule has 2 bridgehead atoms. The van der Waals surface area contributed by atoms with Crippen LogP contribution in [-0.4, -0.2) is 31.1 Å². The minimum Gasteiger partial charge on any atom is -0.497 e. The minimum atomic E-state index is 0.745. The van der Waals surface area contributed by atoms with E-state index in [9.17, 15) is 0 Å². The van der Waals surface area contributed by atoms with Crippen molar-refractivity contribution in [1.29, 1.82) is 0 Å². The van der Waals surface area contributed by atoms with Crippen molar-refractivity contribution in [2.45, 2.75) is 70.3 Å². The van der Waals surface area contributed by atoms with Gasteiger partial charge in [0.2, 0.25) is 0 Å². The Morgan fingerprint density at radius 2 is 1.83 bits per heavy atom. The highest BCUT2D eigenvalue weighted by atomic mass is 16.5. The molecule has 0 N–H and O–H groups in total. The lowest BCUT2D eigenvalue weighted by atomic mass is 9.84. The monoisotopic (exact) mass is 327 g/mol. The van der Waals surface area contributed by atoms with Crippen molar-refractivity contribution in [3.8, 4) is 5.75 Å². The summed E-state index contributed by atoms with van der Waals surface area (Å²) in [5, 5.41) is 0. The van der Waals surface area contributed by atoms with Gasteiger partial charge >= 0.3 is 0 Å². The molecule has 0 spiro atoms. The van der Waals surface area contributed by atoms with Gasteiger partial charge in [0.15, 0.2) is 0 Å². The summed E-state index contributed by atoms with van der Waals surface area (Å²) in [5.41, 5.74) is 2.96. The van der Waals surface area contributed by atoms with Crippen molar-refractivity contribution in [3.05, 3.63) is 29.3 Å². The molecule has 3 fully saturated rings. The molecular weight excluding hydrogens is 294 g/mol. The molecule has 2 unspecified atom stereocenters. The predicted molar refractivity (Wildman–Crippen MR) is 99.7 cm³/mol. The first-order chi connectivity index (χ1) is 11.7. The molecular formula is C22H33NO. The number of piperidine rings is 1. The topological polar surface area (TPSA) is 12.5 Å². The second-order valence-electron chi connectivity index (χ2n) is 8.47. The van der Waals surface area contributed by atoms with Gasteiger partial charge in [0.1, 0.15) is 5.75 Å². The van der Waals surface area contributed by atoms with Gasteiger partial charge in [-0.3, -0.25) is 0 Å². The fourth-order valence-electron chi connectivity index (χ4n) is 5.83. The second kappa shape index (κ2) is 7.07. The zero-order valence-electron chi connectivity index (χ0n) is 15.5. The number of benzene rings is 1. The summed E-state index contributed by atoms with van der Waals surface area (Å²) in [6, 6.07) is 7.54. The van der Waals surface area contributed by atoms with E-state index < -0.39 is 0 Å². The van der Waals surface area contributed by atoms with E-state index in [1.54, 1.807) is 12.7 Å². The van der Waals surface area contributed by atoms with Crippen molar-refractivity contribution in [2.24, 2.45) is 11.8 Å². The molecule has 1 aromatic rings. The minimum absolute atomic E-state index is 0.745. The molecule has 24 heavy (non-hydrogen) atoms. The van der Waals surface area contributed by atoms with Crippen LogP contribution >= 0.6 is 0 Å². The van der Waals surface area contributed by atoms with Crippen molar-refractivity contribution >= 4 is 0 Å². The quantitative estimate of drug-likeness (QED) is 0.761. The Bertz CT molecular complexity index is 561. The fourth-order valence-corrected chi connectivity index (χ4v) is 5.83. The van der Waals surface area contributed by atoms with E-state index in [4.69, 9.17) is 4.74 Å². The lowest BCUT2D eigenvalue weighted by Gasteiger charge is -2.40. The largest absolute Gasteiger partial charge is 0.497 e. The molecule has 0 amide bonds. The van der Waals surface area contributed by atoms with E-state index in [0.717, 1.165) is 29.5 Å². The lowest BCUT2D eigenvalue weighted by Crippen LogP contribution is -2.44. The van der Waals surface area contributed by atoms with Crippen molar-refractivity contribution < 1.29 is 4.74 Å². The molecule has 2 heteroatoms. The third-order valence-electron chi connectivity index (χ3n) is 7.15. The Hall–Kier alpha value is -1.02. The van der Waals surface area contributed by atoms with Gasteiger partial charge in [0.05, 0.1) is 7.11 Å². The molecule has 2 aliphatic carbocycles. The van der Waals surface area contributed by atoms with Gasteiger partial charge in [-0.25, -0.2) is 0 Å². The van der Waals surface area contributed by atoms with E-state index in [-0.39, 0.29) is 0 Å². The van der Waals surface area contributed by atoms with E-state index in [1.165, 1.54) is 70.0 Å². The molecule has 1 aromatic carbocycles. The molecule has 1 heterocycles. The summed E-state index contributed by atoms with van der Waals surface area (Å²) in [4.78, 5) is 2.87. The van der Waals surface area contributed by atoms with Crippen LogP contribution in [0.4, 0.5) is 0 Å². The molecule has 4 rings (SSSR count). The van der Waals surface area contributed by atoms with Crippen LogP contribution in [0.1, 0.15) is 68.4 Å². The van der Waals surface area contributed by atoms with Crippen LogP contribution in [0.15, 0.2) is 18.2 Å². The third-order valence-corrected chi connectivity index (χ3v) is 7.15. The van der Waals surface area contributed by atoms with E-state index in [2.05, 4.69) is 30.0 Å². The normalized spacial score (nSPS) is 31.8. The average molecular weight is 328 g/mol. The molecule has 1 aliphatic heterocycles. The van der Waals surface area contributed by atoms with Gasteiger partial charge < -0.3 is 9.64 Å². The maximum atomic E-state index is 5.37. The van der Waals surface area contributed by atoms with E-state index >= 15 is 0 Å². The van der Waals surface area contributed by atoms with Gasteiger partial charge in [-0.15, -0.1) is 0 Å². The molecule has 2 saturated carbocycles. The van der Waals surface area contributed by atoms with Crippen molar-refractivity contribution in [1.82, 2.24) is 4.90 Å². The number of rotatable bonds is 3. The van der Waals surface area contributed by atoms with Crippen LogP contribution in [0.5, 0.6) is 5.75 Å². The van der Waals surface area contributed by atoms with Gasteiger partial charge in [0, 0.05) is 6.04 Å². The SMILES string of the molecule is COc1ccc(C2CCN(C3CCC[C@H]4CCC3C4)CC2)c(C)c1. The molecule has 0 aromatic heterocycles. The standard InChI is InChI=1S/C22H33NO/c1-16-14-20(24-2)8-9-21(16)18-10-12-23(13-11-18)22-5-3-4-17-6-7-19(22)15-17/h8-9,14,17-19,22H,3-7,10-13,15H2,1-2H3/t17-,19?,22?/m0/s1. The molecule has 0 radical (unpaired) electrons. The van der Waals surface area contributed by atoms with Gasteiger partial charge in [-0.2, -0.15) is 0 Å². The van der Waals surface area contributed by atoms with Crippen LogP contribution in [0.3, 0.4) is 0 Å². The third kappa shape index (κ3) is 3.22. The predicted octanol–water partition coefficient (Wildman–Crippen LogP) is 5.15. The number of nitrogens with zero attached hydrogens (tertiary/aromatic N) is 1. The summed E-state index contributed by atoms with van der Waals surface area (Å²) in [5.74, 6) is 3.81. The zero-order valence-corrected chi connectivity index (χ0v) is 15.5. The number of aryl methyl sites for hydroxylation is 1. The van der Waals surface area contributed by atoms with Crippen molar-refractivity contribution in [3.63, 3.8) is 0 Å². The van der Waals surface area contributed by atoms with Crippen LogP contribution in [0, 0.1) is 18.8 Å². The number of ether oxygens (including phenoxy) is 1. The first kappa shape index (κ1) is 16.4. The highest BCUT2D eigenvalue weighted by Crippen LogP contribution is 2.43. The Balaban J connectivity index is 1.39. The molecule has 2 nitrogen and oxygen atoms in total. The van der Waals surface area contributed by atoms with Crippen LogP contribution in [-0.2, 0) is 0 Å². The summed E-state index contributed by atoms with van der Waals surface area (Å²) >= 11 is 0. The summed E-state index contributed by atoms with van der Waals surface area (Å²) in [6.45, 7) is 4.86. The highest BCUT2D eigenvalue weighted by molar-refractivity contribution is 5.37. The summed E-state index contributed by atoms with van der Waals surface area (Å²) in [6.07, 6.45) is 11.7. The molecule has 3 aliphatic rings. The maximum Gasteiger partial charge on any atom is 0.119 e. The zero-order chi connectivity index (χ0) is 16.5. The first-order valence-electron chi connectivity index (χ1n) is 10.1. The fraction of sp³-hybridized carbons (Fsp3) is 0.727. The maximum absolute atomic E-state index is 5.37. The summed E-state index contributed by atoms with van der Waals surface area (Å²) in [7, 11) is 1.76. The first-order valence-corrected chi connectivity index (χ1v) is 10.1. The molecule has 132 valence electrons. The molecule has 1 saturated heterocycles. The Morgan fingerprint density at radius 1 is 1.00 bits per heavy atom. The van der Waals surface area contributed by atoms with E-state index in [1.807, 2.05) is 0 Å². The van der Waals surface area contributed by atoms with Crippen molar-refractivity contribution in [2.75, 3.05) is 20.2 Å². The smallest absolute Gasteiger partial charge is 0.119 e. The number of likely N-dealkylation sites (tertiary alicyclic amines) is 1. The van der Waals surface area contributed by atoms with Crippen LogP contribution in [0.25, 0.3) is 0 Å². The summed E-state index contributed by atoms with van der Waals surface area (Å²) < 4.78 is 5.37. The number of fused-ring (bicyclic) bond motifs is 2. The van der Waals surface area contributed by atoms with Crippen LogP contribution < -0.4 is 4.74 Å². The highest BCUT2D eigenvalue weighted by Gasteiger charge is 2.37. The van der Waals surface area contributed by atoms with Gasteiger partial charge in [-0.05, 0) is 93.1 Å². The van der Waals surface area contributed by atoms with Crippen LogP contribution in [0.2, 0.25) is 0 Å². The number of hydrogen-bond acceptors (Lipinski definition) is 2. The van der Waals surface area contributed by atoms with Gasteiger partial charge in [0.25, 0.3) is 0 Å². The molecule has 3 atom stereocenters. The van der Waals surface area contributed by atoms with Gasteiger partial charge in [-0.1, -0.05) is 25.3 Å². The number of hydrogen-bond donors (Lipinski definition) is 0. The lowest BCUT2D eigenvalue weighted by molar-refractivity contribution is 0.104. The Labute approximate surface area is 147 Å². The number of methoxy groups -OCH3 is 1. The van der Waals surface area contributed by atoms with E-state index in [0.29, 0.717) is 0 Å². The average Bonchev–Trinajstić information content (AvgIpc) is 2.96. The Kier molecular flexibility index (Phi) is 4.85. The Morgan fingerprint density at radius 3 is 2.58 bits per heavy atom. The second-order valence-corrected chi connectivity index (χ2v) is 8.47.